The van der Waals surface area contributed by atoms with Crippen LogP contribution in [0, 0.1) is 5.82 Å². The van der Waals surface area contributed by atoms with E-state index in [1.807, 2.05) is 0 Å². The Morgan fingerprint density at radius 2 is 2.33 bits per heavy atom. The molecule has 0 radical (unpaired) electrons. The maximum absolute atomic E-state index is 13.4. The number of carbonyl (C=O) groups excluding carboxylic acids is 1. The largest absolute Gasteiger partial charge is 0.494 e. The molecule has 0 fully saturated rings. The third kappa shape index (κ3) is 3.76. The molecule has 1 N–H and O–H groups in total. The van der Waals surface area contributed by atoms with E-state index in [4.69, 9.17) is 4.74 Å². The number of methoxy groups -OCH3 is 1. The average molecular weight is 252 g/mol. The van der Waals surface area contributed by atoms with Crippen LogP contribution in [-0.2, 0) is 6.54 Å². The number of urea groups is 1. The second kappa shape index (κ2) is 6.64. The highest BCUT2D eigenvalue weighted by molar-refractivity contribution is 5.73. The molecule has 0 atom stereocenters. The van der Waals surface area contributed by atoms with Crippen LogP contribution < -0.4 is 10.1 Å². The van der Waals surface area contributed by atoms with Crippen molar-refractivity contribution >= 4 is 6.03 Å². The SMILES string of the molecule is C=CCNC(=O)N(C)Cc1ccc(OC)c(F)c1. The van der Waals surface area contributed by atoms with E-state index in [0.29, 0.717) is 18.7 Å². The minimum atomic E-state index is -0.435. The van der Waals surface area contributed by atoms with Crippen LogP contribution >= 0.6 is 0 Å². The van der Waals surface area contributed by atoms with Gasteiger partial charge in [-0.25, -0.2) is 9.18 Å². The molecular formula is C13H17FN2O2. The molecule has 0 heterocycles. The first-order valence-electron chi connectivity index (χ1n) is 5.50. The molecule has 4 nitrogen and oxygen atoms in total. The highest BCUT2D eigenvalue weighted by Crippen LogP contribution is 2.18. The summed E-state index contributed by atoms with van der Waals surface area (Å²) in [6.45, 7) is 4.24. The summed E-state index contributed by atoms with van der Waals surface area (Å²) in [6.07, 6.45) is 1.60. The van der Waals surface area contributed by atoms with Gasteiger partial charge in [-0.3, -0.25) is 0 Å². The second-order valence-electron chi connectivity index (χ2n) is 3.80. The predicted octanol–water partition coefficient (Wildman–Crippen LogP) is 2.16. The van der Waals surface area contributed by atoms with Crippen molar-refractivity contribution in [1.29, 1.82) is 0 Å². The van der Waals surface area contributed by atoms with E-state index >= 15 is 0 Å². The summed E-state index contributed by atoms with van der Waals surface area (Å²) in [5.41, 5.74) is 0.699. The van der Waals surface area contributed by atoms with Crippen LogP contribution in [0.4, 0.5) is 9.18 Å². The van der Waals surface area contributed by atoms with Crippen LogP contribution in [0.25, 0.3) is 0 Å². The number of hydrogen-bond acceptors (Lipinski definition) is 2. The maximum Gasteiger partial charge on any atom is 0.317 e. The van der Waals surface area contributed by atoms with Crippen molar-refractivity contribution in [3.8, 4) is 5.75 Å². The number of halogens is 1. The van der Waals surface area contributed by atoms with Crippen LogP contribution in [0.15, 0.2) is 30.9 Å². The molecule has 5 heteroatoms. The van der Waals surface area contributed by atoms with Gasteiger partial charge in [-0.1, -0.05) is 12.1 Å². The Morgan fingerprint density at radius 3 is 2.89 bits per heavy atom. The van der Waals surface area contributed by atoms with Crippen molar-refractivity contribution < 1.29 is 13.9 Å². The Morgan fingerprint density at radius 1 is 1.61 bits per heavy atom. The fourth-order valence-corrected chi connectivity index (χ4v) is 1.45. The van der Waals surface area contributed by atoms with Crippen molar-refractivity contribution in [3.63, 3.8) is 0 Å². The van der Waals surface area contributed by atoms with E-state index in [1.54, 1.807) is 25.3 Å². The first-order valence-corrected chi connectivity index (χ1v) is 5.50. The summed E-state index contributed by atoms with van der Waals surface area (Å²) >= 11 is 0. The Balaban J connectivity index is 2.64. The molecule has 1 rings (SSSR count). The highest BCUT2D eigenvalue weighted by Gasteiger charge is 2.09. The molecule has 0 aliphatic rings. The number of hydrogen-bond donors (Lipinski definition) is 1. The van der Waals surface area contributed by atoms with Crippen molar-refractivity contribution in [1.82, 2.24) is 10.2 Å². The van der Waals surface area contributed by atoms with Crippen molar-refractivity contribution in [2.24, 2.45) is 0 Å². The molecule has 1 aromatic carbocycles. The van der Waals surface area contributed by atoms with Crippen LogP contribution in [0.5, 0.6) is 5.75 Å². The molecule has 1 aromatic rings. The van der Waals surface area contributed by atoms with Crippen LogP contribution in [0.1, 0.15) is 5.56 Å². The molecule has 0 saturated carbocycles. The molecule has 0 aliphatic carbocycles. The van der Waals surface area contributed by atoms with Gasteiger partial charge in [0.1, 0.15) is 0 Å². The lowest BCUT2D eigenvalue weighted by molar-refractivity contribution is 0.208. The standard InChI is InChI=1S/C13H17FN2O2/c1-4-7-15-13(17)16(2)9-10-5-6-12(18-3)11(14)8-10/h4-6,8H,1,7,9H2,2-3H3,(H,15,17). The van der Waals surface area contributed by atoms with E-state index < -0.39 is 5.82 Å². The molecule has 98 valence electrons. The lowest BCUT2D eigenvalue weighted by atomic mass is 10.2. The van der Waals surface area contributed by atoms with E-state index in [1.165, 1.54) is 18.1 Å². The number of benzene rings is 1. The number of nitrogens with zero attached hydrogens (tertiary/aromatic N) is 1. The van der Waals surface area contributed by atoms with Gasteiger partial charge in [0.2, 0.25) is 0 Å². The van der Waals surface area contributed by atoms with Gasteiger partial charge >= 0.3 is 6.03 Å². The Bertz CT molecular complexity index is 435. The summed E-state index contributed by atoms with van der Waals surface area (Å²) in [5.74, 6) is -0.243. The van der Waals surface area contributed by atoms with Crippen LogP contribution in [0.2, 0.25) is 0 Å². The Hall–Kier alpha value is -2.04. The summed E-state index contributed by atoms with van der Waals surface area (Å²) in [6, 6.07) is 4.39. The molecule has 0 aliphatic heterocycles. The minimum Gasteiger partial charge on any atom is -0.494 e. The lowest BCUT2D eigenvalue weighted by Gasteiger charge is -2.17. The zero-order valence-corrected chi connectivity index (χ0v) is 10.6. The lowest BCUT2D eigenvalue weighted by Crippen LogP contribution is -2.36. The van der Waals surface area contributed by atoms with Gasteiger partial charge in [-0.2, -0.15) is 0 Å². The molecule has 0 bridgehead atoms. The van der Waals surface area contributed by atoms with E-state index in [0.717, 1.165) is 0 Å². The molecule has 0 saturated heterocycles. The normalized spacial score (nSPS) is 9.72. The van der Waals surface area contributed by atoms with Gasteiger partial charge in [0.25, 0.3) is 0 Å². The molecule has 18 heavy (non-hydrogen) atoms. The molecule has 0 unspecified atom stereocenters. The van der Waals surface area contributed by atoms with Gasteiger partial charge in [-0.05, 0) is 17.7 Å². The smallest absolute Gasteiger partial charge is 0.317 e. The summed E-state index contributed by atoms with van der Waals surface area (Å²) in [5, 5.41) is 2.64. The van der Waals surface area contributed by atoms with Crippen LogP contribution in [-0.4, -0.2) is 31.6 Å². The molecule has 0 spiro atoms. The fraction of sp³-hybridized carbons (Fsp3) is 0.308. The monoisotopic (exact) mass is 252 g/mol. The highest BCUT2D eigenvalue weighted by atomic mass is 19.1. The first-order chi connectivity index (χ1) is 8.58. The topological polar surface area (TPSA) is 41.6 Å². The zero-order chi connectivity index (χ0) is 13.5. The summed E-state index contributed by atoms with van der Waals surface area (Å²) in [4.78, 5) is 13.0. The number of nitrogens with one attached hydrogen (secondary N) is 1. The second-order valence-corrected chi connectivity index (χ2v) is 3.80. The summed E-state index contributed by atoms with van der Waals surface area (Å²) < 4.78 is 18.3. The zero-order valence-electron chi connectivity index (χ0n) is 10.6. The number of carbonyl (C=O) groups is 1. The van der Waals surface area contributed by atoms with E-state index in [2.05, 4.69) is 11.9 Å². The van der Waals surface area contributed by atoms with Crippen LogP contribution in [0.3, 0.4) is 0 Å². The van der Waals surface area contributed by atoms with Gasteiger partial charge in [-0.15, -0.1) is 6.58 Å². The first kappa shape index (κ1) is 14.0. The van der Waals surface area contributed by atoms with Gasteiger partial charge in [0.15, 0.2) is 11.6 Å². The van der Waals surface area contributed by atoms with Gasteiger partial charge < -0.3 is 15.0 Å². The average Bonchev–Trinajstić information content (AvgIpc) is 2.36. The minimum absolute atomic E-state index is 0.192. The summed E-state index contributed by atoms with van der Waals surface area (Å²) in [7, 11) is 3.05. The van der Waals surface area contributed by atoms with Gasteiger partial charge in [0, 0.05) is 20.1 Å². The molecule has 2 amide bonds. The third-order valence-corrected chi connectivity index (χ3v) is 2.38. The Kier molecular flexibility index (Phi) is 5.17. The molecular weight excluding hydrogens is 235 g/mol. The predicted molar refractivity (Wildman–Crippen MR) is 68.0 cm³/mol. The number of amides is 2. The van der Waals surface area contributed by atoms with E-state index in [9.17, 15) is 9.18 Å². The number of rotatable bonds is 5. The van der Waals surface area contributed by atoms with Gasteiger partial charge in [0.05, 0.1) is 7.11 Å². The van der Waals surface area contributed by atoms with Crippen molar-refractivity contribution in [2.45, 2.75) is 6.54 Å². The maximum atomic E-state index is 13.4. The van der Waals surface area contributed by atoms with E-state index in [-0.39, 0.29) is 11.8 Å². The van der Waals surface area contributed by atoms with Crippen molar-refractivity contribution in [3.05, 3.63) is 42.2 Å². The third-order valence-electron chi connectivity index (χ3n) is 2.38. The van der Waals surface area contributed by atoms with Crippen molar-refractivity contribution in [2.75, 3.05) is 20.7 Å². The fourth-order valence-electron chi connectivity index (χ4n) is 1.45. The quantitative estimate of drug-likeness (QED) is 0.816. The Labute approximate surface area is 106 Å². The molecule has 0 aromatic heterocycles. The number of ether oxygens (including phenoxy) is 1.